The minimum atomic E-state index is -0.627. The van der Waals surface area contributed by atoms with Crippen molar-refractivity contribution in [1.29, 1.82) is 0 Å². The third-order valence-corrected chi connectivity index (χ3v) is 6.98. The lowest BCUT2D eigenvalue weighted by molar-refractivity contribution is 0.0687. The summed E-state index contributed by atoms with van der Waals surface area (Å²) >= 11 is 0. The van der Waals surface area contributed by atoms with E-state index in [2.05, 4.69) is 25.3 Å². The first-order valence-electron chi connectivity index (χ1n) is 11.1. The number of aryl methyl sites for hydroxylation is 1. The van der Waals surface area contributed by atoms with Gasteiger partial charge in [-0.15, -0.1) is 0 Å². The summed E-state index contributed by atoms with van der Waals surface area (Å²) in [4.78, 5) is 21.1. The van der Waals surface area contributed by atoms with Gasteiger partial charge in [-0.05, 0) is 43.7 Å². The number of hydrogen-bond donors (Lipinski definition) is 4. The van der Waals surface area contributed by atoms with Crippen molar-refractivity contribution in [3.63, 3.8) is 0 Å². The molecule has 1 saturated carbocycles. The van der Waals surface area contributed by atoms with Gasteiger partial charge in [0.2, 0.25) is 0 Å². The quantitative estimate of drug-likeness (QED) is 0.375. The Morgan fingerprint density at radius 3 is 2.76 bits per heavy atom. The standard InChI is InChI=1S/C23H24FN7O2/c1-9-27-7-11(8-28-9)33-23-30-20-12-5-15(25)17(32)4-10(12)3-13-14(24)6-16(26-2)21-18(13)19(20)22(29-21)31-23/h6-8,10,12,15,17,26,32H,3-5,25H2,1-2H3,(H,29,30,31)/t10-,12-,15-,17-/m0/s1. The summed E-state index contributed by atoms with van der Waals surface area (Å²) in [5.41, 5.74) is 9.64. The van der Waals surface area contributed by atoms with E-state index in [0.717, 1.165) is 22.0 Å². The number of nitrogens with two attached hydrogens (primary N) is 1. The van der Waals surface area contributed by atoms with Gasteiger partial charge in [0.25, 0.3) is 0 Å². The van der Waals surface area contributed by atoms with Crippen molar-refractivity contribution in [1.82, 2.24) is 24.9 Å². The van der Waals surface area contributed by atoms with Crippen molar-refractivity contribution in [3.8, 4) is 11.8 Å². The first-order chi connectivity index (χ1) is 15.9. The summed E-state index contributed by atoms with van der Waals surface area (Å²) in [7, 11) is 1.76. The molecule has 1 aromatic carbocycles. The number of nitrogens with one attached hydrogen (secondary N) is 2. The maximum Gasteiger partial charge on any atom is 0.324 e. The molecule has 0 unspecified atom stereocenters. The molecular weight excluding hydrogens is 425 g/mol. The van der Waals surface area contributed by atoms with Crippen molar-refractivity contribution < 1.29 is 14.2 Å². The second-order valence-corrected chi connectivity index (χ2v) is 8.97. The molecule has 5 N–H and O–H groups in total. The van der Waals surface area contributed by atoms with Crippen molar-refractivity contribution in [2.45, 2.75) is 44.2 Å². The molecule has 3 aromatic heterocycles. The van der Waals surface area contributed by atoms with E-state index in [-0.39, 0.29) is 29.7 Å². The van der Waals surface area contributed by atoms with Gasteiger partial charge in [0.05, 0.1) is 35.4 Å². The molecule has 0 radical (unpaired) electrons. The average molecular weight is 449 g/mol. The van der Waals surface area contributed by atoms with Gasteiger partial charge in [-0.1, -0.05) is 0 Å². The van der Waals surface area contributed by atoms with Crippen LogP contribution in [-0.2, 0) is 6.42 Å². The van der Waals surface area contributed by atoms with Crippen LogP contribution in [-0.4, -0.2) is 49.2 Å². The summed E-state index contributed by atoms with van der Waals surface area (Å²) in [6, 6.07) is 1.29. The van der Waals surface area contributed by atoms with Crippen LogP contribution in [0.25, 0.3) is 21.9 Å². The highest BCUT2D eigenvalue weighted by atomic mass is 19.1. The van der Waals surface area contributed by atoms with Crippen LogP contribution in [0.4, 0.5) is 10.1 Å². The molecular formula is C23H24FN7O2. The van der Waals surface area contributed by atoms with E-state index in [9.17, 15) is 5.11 Å². The smallest absolute Gasteiger partial charge is 0.324 e. The lowest BCUT2D eigenvalue weighted by atomic mass is 9.72. The van der Waals surface area contributed by atoms with E-state index in [1.54, 1.807) is 26.4 Å². The number of anilines is 1. The minimum Gasteiger partial charge on any atom is -0.421 e. The van der Waals surface area contributed by atoms with E-state index in [4.69, 9.17) is 15.5 Å². The fraction of sp³-hybridized carbons (Fsp3) is 0.391. The zero-order valence-electron chi connectivity index (χ0n) is 18.3. The number of ether oxygens (including phenoxy) is 1. The number of aliphatic hydroxyl groups excluding tert-OH is 1. The van der Waals surface area contributed by atoms with E-state index < -0.39 is 6.10 Å². The fourth-order valence-corrected chi connectivity index (χ4v) is 5.37. The summed E-state index contributed by atoms with van der Waals surface area (Å²) in [6.45, 7) is 1.79. The van der Waals surface area contributed by atoms with Gasteiger partial charge in [-0.25, -0.2) is 14.4 Å². The number of fused-ring (bicyclic) bond motifs is 2. The number of H-pyrrole nitrogens is 1. The van der Waals surface area contributed by atoms with Gasteiger partial charge in [0.1, 0.15) is 17.3 Å². The zero-order chi connectivity index (χ0) is 22.9. The summed E-state index contributed by atoms with van der Waals surface area (Å²) in [5, 5.41) is 15.1. The molecule has 0 saturated heterocycles. The third-order valence-electron chi connectivity index (χ3n) is 6.98. The molecule has 2 aliphatic carbocycles. The maximum absolute atomic E-state index is 15.3. The number of aliphatic hydroxyl groups is 1. The van der Waals surface area contributed by atoms with Crippen LogP contribution in [0.3, 0.4) is 0 Å². The van der Waals surface area contributed by atoms with Gasteiger partial charge >= 0.3 is 6.01 Å². The summed E-state index contributed by atoms with van der Waals surface area (Å²) in [6.07, 6.45) is 4.04. The van der Waals surface area contributed by atoms with Crippen LogP contribution >= 0.6 is 0 Å². The average Bonchev–Trinajstić information content (AvgIpc) is 3.11. The molecule has 33 heavy (non-hydrogen) atoms. The maximum atomic E-state index is 15.3. The van der Waals surface area contributed by atoms with E-state index in [1.807, 2.05) is 0 Å². The zero-order valence-corrected chi connectivity index (χ0v) is 18.3. The monoisotopic (exact) mass is 449 g/mol. The number of nitrogens with zero attached hydrogens (tertiary/aromatic N) is 4. The van der Waals surface area contributed by atoms with Crippen molar-refractivity contribution in [2.24, 2.45) is 11.7 Å². The fourth-order valence-electron chi connectivity index (χ4n) is 5.37. The van der Waals surface area contributed by atoms with Crippen LogP contribution in [0.15, 0.2) is 18.5 Å². The van der Waals surface area contributed by atoms with Crippen molar-refractivity contribution in [3.05, 3.63) is 41.4 Å². The van der Waals surface area contributed by atoms with Crippen molar-refractivity contribution in [2.75, 3.05) is 12.4 Å². The number of halogens is 1. The molecule has 6 rings (SSSR count). The SMILES string of the molecule is CNc1cc(F)c2c3c1[nH]c1nc(Oc4cnc(C)nc4)nc(c13)[C@H]1C[C@H](N)[C@@H](O)C[C@@H]1C2. The third kappa shape index (κ3) is 3.12. The topological polar surface area (TPSA) is 135 Å². The van der Waals surface area contributed by atoms with Gasteiger partial charge in [-0.2, -0.15) is 9.97 Å². The van der Waals surface area contributed by atoms with Crippen LogP contribution in [0.5, 0.6) is 11.8 Å². The number of aromatic amines is 1. The normalized spacial score (nSPS) is 24.2. The minimum absolute atomic E-state index is 0.000932. The highest BCUT2D eigenvalue weighted by Crippen LogP contribution is 2.48. The Balaban J connectivity index is 1.61. The second-order valence-electron chi connectivity index (χ2n) is 8.97. The van der Waals surface area contributed by atoms with Gasteiger partial charge < -0.3 is 25.9 Å². The Morgan fingerprint density at radius 1 is 1.21 bits per heavy atom. The number of aromatic nitrogens is 5. The Hall–Kier alpha value is -3.37. The Bertz CT molecular complexity index is 1390. The molecule has 4 atom stereocenters. The number of hydrogen-bond acceptors (Lipinski definition) is 8. The molecule has 4 aromatic rings. The Kier molecular flexibility index (Phi) is 4.49. The molecule has 3 heterocycles. The molecule has 10 heteroatoms. The number of rotatable bonds is 3. The molecule has 9 nitrogen and oxygen atoms in total. The van der Waals surface area contributed by atoms with Gasteiger partial charge in [-0.3, -0.25) is 0 Å². The van der Waals surface area contributed by atoms with E-state index >= 15 is 4.39 Å². The largest absolute Gasteiger partial charge is 0.421 e. The van der Waals surface area contributed by atoms with Crippen LogP contribution in [0.2, 0.25) is 0 Å². The van der Waals surface area contributed by atoms with E-state index in [0.29, 0.717) is 47.7 Å². The highest BCUT2D eigenvalue weighted by Gasteiger charge is 2.41. The molecule has 0 spiro atoms. The molecule has 2 aliphatic rings. The molecule has 170 valence electrons. The van der Waals surface area contributed by atoms with Gasteiger partial charge in [0, 0.05) is 29.8 Å². The lowest BCUT2D eigenvalue weighted by Crippen LogP contribution is -2.44. The Morgan fingerprint density at radius 2 is 2.00 bits per heavy atom. The first kappa shape index (κ1) is 20.3. The van der Waals surface area contributed by atoms with Crippen LogP contribution in [0.1, 0.15) is 35.8 Å². The summed E-state index contributed by atoms with van der Waals surface area (Å²) in [5.74, 6) is 0.716. The predicted octanol–water partition coefficient (Wildman–Crippen LogP) is 2.92. The second kappa shape index (κ2) is 7.32. The molecule has 1 fully saturated rings. The van der Waals surface area contributed by atoms with E-state index in [1.165, 1.54) is 6.07 Å². The molecule has 0 amide bonds. The van der Waals surface area contributed by atoms with Crippen LogP contribution in [0, 0.1) is 18.7 Å². The van der Waals surface area contributed by atoms with Gasteiger partial charge in [0.15, 0.2) is 5.75 Å². The van der Waals surface area contributed by atoms with Crippen LogP contribution < -0.4 is 15.8 Å². The Labute approximate surface area is 188 Å². The summed E-state index contributed by atoms with van der Waals surface area (Å²) < 4.78 is 21.2. The number of benzene rings is 1. The molecule has 0 aliphatic heterocycles. The highest BCUT2D eigenvalue weighted by molar-refractivity contribution is 6.13. The molecule has 0 bridgehead atoms. The van der Waals surface area contributed by atoms with Crippen molar-refractivity contribution >= 4 is 27.6 Å². The lowest BCUT2D eigenvalue weighted by Gasteiger charge is -2.37. The predicted molar refractivity (Wildman–Crippen MR) is 121 cm³/mol. The first-order valence-corrected chi connectivity index (χ1v) is 11.1.